The van der Waals surface area contributed by atoms with Gasteiger partial charge in [0, 0.05) is 6.54 Å². The molecule has 1 rings (SSSR count). The van der Waals surface area contributed by atoms with Gasteiger partial charge in [0.1, 0.15) is 0 Å². The minimum absolute atomic E-state index is 0.0556. The van der Waals surface area contributed by atoms with Crippen molar-refractivity contribution in [3.8, 4) is 0 Å². The van der Waals surface area contributed by atoms with Crippen LogP contribution in [0.1, 0.15) is 12.5 Å². The largest absolute Gasteiger partial charge is 0.328 e. The molecule has 0 saturated heterocycles. The SMILES string of the molecule is CNC(C)(CN)c1ccsc1. The normalized spacial score (nSPS) is 16.3. The summed E-state index contributed by atoms with van der Waals surface area (Å²) in [6.07, 6.45) is 0. The zero-order chi connectivity index (χ0) is 8.32. The van der Waals surface area contributed by atoms with Crippen LogP contribution in [0.5, 0.6) is 0 Å². The number of thiophene rings is 1. The Morgan fingerprint density at radius 2 is 2.45 bits per heavy atom. The molecule has 0 amide bonds. The molecule has 0 radical (unpaired) electrons. The van der Waals surface area contributed by atoms with Crippen molar-refractivity contribution in [3.63, 3.8) is 0 Å². The standard InChI is InChI=1S/C8H14N2S/c1-8(6-9,10-2)7-3-4-11-5-7/h3-5,10H,6,9H2,1-2H3. The summed E-state index contributed by atoms with van der Waals surface area (Å²) in [6, 6.07) is 2.11. The van der Waals surface area contributed by atoms with Crippen molar-refractivity contribution in [2.75, 3.05) is 13.6 Å². The van der Waals surface area contributed by atoms with Crippen molar-refractivity contribution in [1.82, 2.24) is 5.32 Å². The van der Waals surface area contributed by atoms with Crippen LogP contribution in [0.2, 0.25) is 0 Å². The third kappa shape index (κ3) is 1.61. The molecule has 0 aromatic carbocycles. The maximum Gasteiger partial charge on any atom is 0.0535 e. The molecule has 0 bridgehead atoms. The first-order valence-electron chi connectivity index (χ1n) is 3.64. The van der Waals surface area contributed by atoms with Crippen LogP contribution < -0.4 is 11.1 Å². The van der Waals surface area contributed by atoms with E-state index in [1.165, 1.54) is 5.56 Å². The molecule has 0 spiro atoms. The number of likely N-dealkylation sites (N-methyl/N-ethyl adjacent to an activating group) is 1. The minimum Gasteiger partial charge on any atom is -0.328 e. The van der Waals surface area contributed by atoms with Crippen molar-refractivity contribution in [2.45, 2.75) is 12.5 Å². The molecule has 1 aromatic rings. The molecule has 0 aliphatic rings. The van der Waals surface area contributed by atoms with Crippen molar-refractivity contribution < 1.29 is 0 Å². The monoisotopic (exact) mass is 170 g/mol. The van der Waals surface area contributed by atoms with Gasteiger partial charge in [-0.2, -0.15) is 11.3 Å². The van der Waals surface area contributed by atoms with Crippen molar-refractivity contribution in [3.05, 3.63) is 22.4 Å². The van der Waals surface area contributed by atoms with E-state index in [0.29, 0.717) is 6.54 Å². The van der Waals surface area contributed by atoms with Crippen molar-refractivity contribution >= 4 is 11.3 Å². The lowest BCUT2D eigenvalue weighted by Crippen LogP contribution is -2.43. The number of nitrogens with two attached hydrogens (primary N) is 1. The van der Waals surface area contributed by atoms with Crippen LogP contribution in [-0.2, 0) is 5.54 Å². The van der Waals surface area contributed by atoms with E-state index in [2.05, 4.69) is 29.1 Å². The molecule has 62 valence electrons. The highest BCUT2D eigenvalue weighted by Crippen LogP contribution is 2.20. The van der Waals surface area contributed by atoms with Crippen LogP contribution >= 0.6 is 11.3 Å². The van der Waals surface area contributed by atoms with E-state index >= 15 is 0 Å². The van der Waals surface area contributed by atoms with E-state index in [0.717, 1.165) is 0 Å². The fourth-order valence-electron chi connectivity index (χ4n) is 0.943. The van der Waals surface area contributed by atoms with Crippen molar-refractivity contribution in [2.24, 2.45) is 5.73 Å². The molecule has 3 N–H and O–H groups in total. The molecule has 1 unspecified atom stereocenters. The Bertz CT molecular complexity index is 202. The zero-order valence-electron chi connectivity index (χ0n) is 6.92. The quantitative estimate of drug-likeness (QED) is 0.714. The topological polar surface area (TPSA) is 38.0 Å². The number of hydrogen-bond acceptors (Lipinski definition) is 3. The third-order valence-electron chi connectivity index (χ3n) is 2.12. The summed E-state index contributed by atoms with van der Waals surface area (Å²) in [4.78, 5) is 0. The molecule has 0 fully saturated rings. The zero-order valence-corrected chi connectivity index (χ0v) is 7.74. The second kappa shape index (κ2) is 3.34. The molecule has 0 aliphatic carbocycles. The van der Waals surface area contributed by atoms with E-state index in [4.69, 9.17) is 5.73 Å². The summed E-state index contributed by atoms with van der Waals surface area (Å²) in [5.74, 6) is 0. The van der Waals surface area contributed by atoms with Gasteiger partial charge in [0.05, 0.1) is 5.54 Å². The van der Waals surface area contributed by atoms with Crippen LogP contribution in [0, 0.1) is 0 Å². The molecule has 0 saturated carbocycles. The second-order valence-corrected chi connectivity index (χ2v) is 3.58. The molecule has 1 aromatic heterocycles. The van der Waals surface area contributed by atoms with Crippen LogP contribution in [0.15, 0.2) is 16.8 Å². The Balaban J connectivity index is 2.87. The number of hydrogen-bond donors (Lipinski definition) is 2. The molecule has 0 aliphatic heterocycles. The smallest absolute Gasteiger partial charge is 0.0535 e. The lowest BCUT2D eigenvalue weighted by molar-refractivity contribution is 0.413. The summed E-state index contributed by atoms with van der Waals surface area (Å²) >= 11 is 1.70. The van der Waals surface area contributed by atoms with Gasteiger partial charge in [-0.15, -0.1) is 0 Å². The van der Waals surface area contributed by atoms with Gasteiger partial charge in [-0.05, 0) is 36.4 Å². The Hall–Kier alpha value is -0.380. The van der Waals surface area contributed by atoms with Gasteiger partial charge in [0.2, 0.25) is 0 Å². The Morgan fingerprint density at radius 3 is 2.82 bits per heavy atom. The predicted molar refractivity (Wildman–Crippen MR) is 49.8 cm³/mol. The number of rotatable bonds is 3. The fourth-order valence-corrected chi connectivity index (χ4v) is 1.73. The molecule has 11 heavy (non-hydrogen) atoms. The van der Waals surface area contributed by atoms with Gasteiger partial charge in [-0.1, -0.05) is 0 Å². The first-order valence-corrected chi connectivity index (χ1v) is 4.59. The molecular weight excluding hydrogens is 156 g/mol. The first kappa shape index (κ1) is 8.71. The van der Waals surface area contributed by atoms with E-state index in [1.807, 2.05) is 7.05 Å². The van der Waals surface area contributed by atoms with Gasteiger partial charge < -0.3 is 11.1 Å². The maximum absolute atomic E-state index is 5.65. The Labute approximate surface area is 71.4 Å². The lowest BCUT2D eigenvalue weighted by Gasteiger charge is -2.26. The Kier molecular flexibility index (Phi) is 2.65. The molecule has 3 heteroatoms. The van der Waals surface area contributed by atoms with E-state index in [-0.39, 0.29) is 5.54 Å². The third-order valence-corrected chi connectivity index (χ3v) is 2.80. The van der Waals surface area contributed by atoms with Crippen LogP contribution in [0.3, 0.4) is 0 Å². The first-order chi connectivity index (χ1) is 5.23. The highest BCUT2D eigenvalue weighted by Gasteiger charge is 2.22. The van der Waals surface area contributed by atoms with Gasteiger partial charge in [-0.25, -0.2) is 0 Å². The van der Waals surface area contributed by atoms with Gasteiger partial charge in [-0.3, -0.25) is 0 Å². The fraction of sp³-hybridized carbons (Fsp3) is 0.500. The van der Waals surface area contributed by atoms with Crippen LogP contribution in [-0.4, -0.2) is 13.6 Å². The minimum atomic E-state index is -0.0556. The molecule has 1 heterocycles. The lowest BCUT2D eigenvalue weighted by atomic mass is 9.95. The van der Waals surface area contributed by atoms with E-state index in [9.17, 15) is 0 Å². The highest BCUT2D eigenvalue weighted by atomic mass is 32.1. The Morgan fingerprint density at radius 1 is 1.73 bits per heavy atom. The second-order valence-electron chi connectivity index (χ2n) is 2.80. The summed E-state index contributed by atoms with van der Waals surface area (Å²) < 4.78 is 0. The van der Waals surface area contributed by atoms with Crippen molar-refractivity contribution in [1.29, 1.82) is 0 Å². The van der Waals surface area contributed by atoms with Gasteiger partial charge in [0.25, 0.3) is 0 Å². The summed E-state index contributed by atoms with van der Waals surface area (Å²) in [6.45, 7) is 2.73. The average molecular weight is 170 g/mol. The van der Waals surface area contributed by atoms with Crippen LogP contribution in [0.25, 0.3) is 0 Å². The summed E-state index contributed by atoms with van der Waals surface area (Å²) in [5, 5.41) is 7.41. The average Bonchev–Trinajstić information content (AvgIpc) is 2.55. The molecule has 1 atom stereocenters. The molecule has 2 nitrogen and oxygen atoms in total. The highest BCUT2D eigenvalue weighted by molar-refractivity contribution is 7.08. The van der Waals surface area contributed by atoms with E-state index < -0.39 is 0 Å². The van der Waals surface area contributed by atoms with E-state index in [1.54, 1.807) is 11.3 Å². The summed E-state index contributed by atoms with van der Waals surface area (Å²) in [7, 11) is 1.94. The van der Waals surface area contributed by atoms with Gasteiger partial charge >= 0.3 is 0 Å². The summed E-state index contributed by atoms with van der Waals surface area (Å²) in [5.41, 5.74) is 6.87. The van der Waals surface area contributed by atoms with Crippen LogP contribution in [0.4, 0.5) is 0 Å². The predicted octanol–water partition coefficient (Wildman–Crippen LogP) is 1.14. The maximum atomic E-state index is 5.65. The number of nitrogens with one attached hydrogen (secondary N) is 1. The molecular formula is C8H14N2S. The van der Waals surface area contributed by atoms with Gasteiger partial charge in [0.15, 0.2) is 0 Å².